The summed E-state index contributed by atoms with van der Waals surface area (Å²) in [7, 11) is 0. The Balaban J connectivity index is 1.73. The molecule has 1 atom stereocenters. The lowest BCUT2D eigenvalue weighted by molar-refractivity contribution is -0.139. The average Bonchev–Trinajstić information content (AvgIpc) is 3.38. The molecule has 168 valence electrons. The first-order valence-corrected chi connectivity index (χ1v) is 9.86. The fraction of sp³-hybridized carbons (Fsp3) is 0.316. The molecule has 0 aromatic carbocycles. The maximum absolute atomic E-state index is 12.5. The van der Waals surface area contributed by atoms with E-state index in [2.05, 4.69) is 19.9 Å². The van der Waals surface area contributed by atoms with Crippen LogP contribution in [-0.2, 0) is 4.79 Å². The number of hydrogen-bond donors (Lipinski definition) is 3. The van der Waals surface area contributed by atoms with Gasteiger partial charge in [-0.3, -0.25) is 4.79 Å². The van der Waals surface area contributed by atoms with Crippen molar-refractivity contribution in [2.75, 3.05) is 18.0 Å². The van der Waals surface area contributed by atoms with Gasteiger partial charge in [0, 0.05) is 36.1 Å². The molecule has 0 unspecified atom stereocenters. The highest BCUT2D eigenvalue weighted by Crippen LogP contribution is 2.32. The van der Waals surface area contributed by atoms with Gasteiger partial charge < -0.3 is 20.3 Å². The smallest absolute Gasteiger partial charge is 0.405 e. The Kier molecular flexibility index (Phi) is 5.63. The molecule has 1 aliphatic rings. The molecule has 32 heavy (non-hydrogen) atoms. The van der Waals surface area contributed by atoms with E-state index in [1.54, 1.807) is 12.3 Å². The highest BCUT2D eigenvalue weighted by atomic mass is 35.5. The molecule has 13 heteroatoms. The van der Waals surface area contributed by atoms with Gasteiger partial charge in [0.15, 0.2) is 5.82 Å². The Hall–Kier alpha value is -3.41. The number of nitrogens with one attached hydrogen (secondary N) is 2. The predicted octanol–water partition coefficient (Wildman–Crippen LogP) is 3.02. The van der Waals surface area contributed by atoms with Crippen LogP contribution in [0.2, 0.25) is 5.02 Å². The fourth-order valence-electron chi connectivity index (χ4n) is 3.63. The number of nitrogens with zero attached hydrogens (tertiary/aromatic N) is 4. The van der Waals surface area contributed by atoms with Crippen LogP contribution in [0.3, 0.4) is 0 Å². The van der Waals surface area contributed by atoms with Crippen molar-refractivity contribution < 1.29 is 27.9 Å². The molecule has 1 fully saturated rings. The van der Waals surface area contributed by atoms with E-state index < -0.39 is 30.6 Å². The van der Waals surface area contributed by atoms with Crippen LogP contribution in [0.15, 0.2) is 24.7 Å². The monoisotopic (exact) mass is 468 g/mol. The third-order valence-electron chi connectivity index (χ3n) is 5.03. The molecule has 4 heterocycles. The van der Waals surface area contributed by atoms with Crippen molar-refractivity contribution in [3.05, 3.63) is 35.2 Å². The highest BCUT2D eigenvalue weighted by molar-refractivity contribution is 6.31. The third kappa shape index (κ3) is 4.31. The van der Waals surface area contributed by atoms with E-state index in [1.165, 1.54) is 11.1 Å². The van der Waals surface area contributed by atoms with Gasteiger partial charge in [0.25, 0.3) is 0 Å². The van der Waals surface area contributed by atoms with Crippen LogP contribution >= 0.6 is 11.6 Å². The van der Waals surface area contributed by atoms with Gasteiger partial charge in [0.2, 0.25) is 5.91 Å². The minimum absolute atomic E-state index is 0.0449. The van der Waals surface area contributed by atoms with Gasteiger partial charge in [-0.2, -0.15) is 13.2 Å². The number of H-pyrrole nitrogens is 1. The molecule has 4 rings (SSSR count). The van der Waals surface area contributed by atoms with Crippen LogP contribution in [-0.4, -0.2) is 62.2 Å². The summed E-state index contributed by atoms with van der Waals surface area (Å²) in [4.78, 5) is 41.2. The largest absolute Gasteiger partial charge is 0.477 e. The maximum atomic E-state index is 12.5. The minimum atomic E-state index is -4.56. The van der Waals surface area contributed by atoms with Crippen molar-refractivity contribution >= 4 is 40.3 Å². The standard InChI is InChI=1S/C19H16ClF3N6O3/c20-9-4-10-11(6-25-14(10)24-5-9)15-26-7-12(18(31)32)16(28-15)29-3-1-2-13(29)17(30)27-8-19(21,22)23/h4-7,13H,1-3,8H2,(H,24,25)(H,27,30)(H,31,32)/t13-/m1/s1. The Bertz CT molecular complexity index is 1200. The van der Waals surface area contributed by atoms with Crippen molar-refractivity contribution in [2.24, 2.45) is 0 Å². The number of halogens is 4. The van der Waals surface area contributed by atoms with Crippen molar-refractivity contribution in [3.63, 3.8) is 0 Å². The number of pyridine rings is 1. The number of anilines is 1. The number of fused-ring (bicyclic) bond motifs is 1. The van der Waals surface area contributed by atoms with Gasteiger partial charge in [-0.25, -0.2) is 19.7 Å². The van der Waals surface area contributed by atoms with E-state index >= 15 is 0 Å². The molecule has 1 saturated heterocycles. The quantitative estimate of drug-likeness (QED) is 0.525. The van der Waals surface area contributed by atoms with Crippen LogP contribution in [0.25, 0.3) is 22.4 Å². The summed E-state index contributed by atoms with van der Waals surface area (Å²) >= 11 is 6.02. The summed E-state index contributed by atoms with van der Waals surface area (Å²) < 4.78 is 37.5. The molecule has 3 aromatic rings. The fourth-order valence-corrected chi connectivity index (χ4v) is 3.79. The number of carboxylic acids is 1. The number of rotatable bonds is 5. The number of carbonyl (C=O) groups is 2. The van der Waals surface area contributed by atoms with Crippen LogP contribution in [0.4, 0.5) is 19.0 Å². The van der Waals surface area contributed by atoms with Crippen LogP contribution in [0.1, 0.15) is 23.2 Å². The van der Waals surface area contributed by atoms with Crippen LogP contribution in [0.5, 0.6) is 0 Å². The zero-order valence-corrected chi connectivity index (χ0v) is 17.0. The number of carboxylic acid groups (broad SMARTS) is 1. The SMILES string of the molecule is O=C(O)c1cnc(-c2c[nH]c3ncc(Cl)cc23)nc1N1CCC[C@@H]1C(=O)NCC(F)(F)F. The number of amides is 1. The van der Waals surface area contributed by atoms with E-state index in [-0.39, 0.29) is 30.2 Å². The van der Waals surface area contributed by atoms with Gasteiger partial charge in [0.1, 0.15) is 29.6 Å². The summed E-state index contributed by atoms with van der Waals surface area (Å²) in [6.07, 6.45) is 0.338. The molecular weight excluding hydrogens is 453 g/mol. The lowest BCUT2D eigenvalue weighted by Gasteiger charge is -2.26. The molecule has 0 aliphatic carbocycles. The number of alkyl halides is 3. The Morgan fingerprint density at radius 1 is 1.31 bits per heavy atom. The Labute approximate surface area is 183 Å². The zero-order valence-electron chi connectivity index (χ0n) is 16.3. The first kappa shape index (κ1) is 21.8. The summed E-state index contributed by atoms with van der Waals surface area (Å²) in [5.41, 5.74) is 0.758. The van der Waals surface area contributed by atoms with Gasteiger partial charge in [-0.1, -0.05) is 11.6 Å². The second-order valence-electron chi connectivity index (χ2n) is 7.17. The molecule has 1 amide bonds. The topological polar surface area (TPSA) is 124 Å². The lowest BCUT2D eigenvalue weighted by Crippen LogP contribution is -2.46. The predicted molar refractivity (Wildman–Crippen MR) is 109 cm³/mol. The van der Waals surface area contributed by atoms with E-state index in [0.29, 0.717) is 28.0 Å². The van der Waals surface area contributed by atoms with Crippen LogP contribution < -0.4 is 10.2 Å². The summed E-state index contributed by atoms with van der Waals surface area (Å²) in [6.45, 7) is -1.22. The van der Waals surface area contributed by atoms with Crippen molar-refractivity contribution in [2.45, 2.75) is 25.1 Å². The van der Waals surface area contributed by atoms with Crippen LogP contribution in [0, 0.1) is 0 Å². The number of aromatic carboxylic acids is 1. The molecule has 3 aromatic heterocycles. The van der Waals surface area contributed by atoms with E-state index in [9.17, 15) is 27.9 Å². The van der Waals surface area contributed by atoms with E-state index in [0.717, 1.165) is 6.20 Å². The molecule has 1 aliphatic heterocycles. The van der Waals surface area contributed by atoms with Crippen molar-refractivity contribution in [3.8, 4) is 11.4 Å². The van der Waals surface area contributed by atoms with Gasteiger partial charge in [0.05, 0.1) is 5.02 Å². The third-order valence-corrected chi connectivity index (χ3v) is 5.23. The highest BCUT2D eigenvalue weighted by Gasteiger charge is 2.36. The normalized spacial score (nSPS) is 16.5. The molecule has 9 nitrogen and oxygen atoms in total. The molecular formula is C19H16ClF3N6O3. The van der Waals surface area contributed by atoms with E-state index in [1.807, 2.05) is 5.32 Å². The number of aromatic nitrogens is 4. The number of carbonyl (C=O) groups excluding carboxylic acids is 1. The van der Waals surface area contributed by atoms with Gasteiger partial charge in [-0.05, 0) is 18.9 Å². The first-order valence-electron chi connectivity index (χ1n) is 9.48. The van der Waals surface area contributed by atoms with Crippen molar-refractivity contribution in [1.82, 2.24) is 25.3 Å². The Morgan fingerprint density at radius 3 is 2.81 bits per heavy atom. The maximum Gasteiger partial charge on any atom is 0.405 e. The minimum Gasteiger partial charge on any atom is -0.477 e. The summed E-state index contributed by atoms with van der Waals surface area (Å²) in [6, 6.07) is 0.657. The lowest BCUT2D eigenvalue weighted by atomic mass is 10.1. The zero-order chi connectivity index (χ0) is 23.0. The average molecular weight is 469 g/mol. The molecule has 0 bridgehead atoms. The van der Waals surface area contributed by atoms with Gasteiger partial charge in [-0.15, -0.1) is 0 Å². The molecule has 0 saturated carbocycles. The van der Waals surface area contributed by atoms with Gasteiger partial charge >= 0.3 is 12.1 Å². The number of aromatic amines is 1. The van der Waals surface area contributed by atoms with Crippen molar-refractivity contribution in [1.29, 1.82) is 0 Å². The summed E-state index contributed by atoms with van der Waals surface area (Å²) in [5, 5.41) is 12.4. The summed E-state index contributed by atoms with van der Waals surface area (Å²) in [5.74, 6) is -2.06. The molecule has 0 radical (unpaired) electrons. The molecule has 3 N–H and O–H groups in total. The number of hydrogen-bond acceptors (Lipinski definition) is 6. The Morgan fingerprint density at radius 2 is 2.09 bits per heavy atom. The van der Waals surface area contributed by atoms with E-state index in [4.69, 9.17) is 11.6 Å². The first-order chi connectivity index (χ1) is 15.1. The second kappa shape index (κ2) is 8.26. The molecule has 0 spiro atoms. The second-order valence-corrected chi connectivity index (χ2v) is 7.61.